The molecule has 0 saturated heterocycles. The van der Waals surface area contributed by atoms with Crippen LogP contribution < -0.4 is 29.6 Å². The lowest BCUT2D eigenvalue weighted by Crippen LogP contribution is -2.43. The molecular formula is C27H31N3O8S2. The Morgan fingerprint density at radius 2 is 1.65 bits per heavy atom. The van der Waals surface area contributed by atoms with Crippen molar-refractivity contribution < 1.29 is 38.1 Å². The van der Waals surface area contributed by atoms with E-state index in [1.807, 2.05) is 30.5 Å². The number of benzene rings is 2. The van der Waals surface area contributed by atoms with Gasteiger partial charge in [-0.05, 0) is 54.8 Å². The number of rotatable bonds is 14. The summed E-state index contributed by atoms with van der Waals surface area (Å²) in [4.78, 5) is 42.7. The zero-order chi connectivity index (χ0) is 29.1. The predicted octanol–water partition coefficient (Wildman–Crippen LogP) is 3.88. The minimum Gasteiger partial charge on any atom is -0.497 e. The van der Waals surface area contributed by atoms with Gasteiger partial charge >= 0.3 is 5.97 Å². The van der Waals surface area contributed by atoms with Crippen LogP contribution >= 0.6 is 23.1 Å². The number of thiazole rings is 1. The maximum Gasteiger partial charge on any atom is 0.329 e. The molecule has 40 heavy (non-hydrogen) atoms. The number of amides is 2. The number of anilines is 1. The molecule has 2 N–H and O–H groups in total. The molecule has 0 radical (unpaired) electrons. The van der Waals surface area contributed by atoms with Crippen molar-refractivity contribution >= 4 is 46.0 Å². The van der Waals surface area contributed by atoms with E-state index in [9.17, 15) is 14.4 Å². The van der Waals surface area contributed by atoms with Gasteiger partial charge in [0.1, 0.15) is 11.8 Å². The first-order valence-corrected chi connectivity index (χ1v) is 14.3. The Labute approximate surface area is 240 Å². The van der Waals surface area contributed by atoms with Crippen molar-refractivity contribution in [3.05, 3.63) is 47.3 Å². The number of carbonyl (C=O) groups excluding carboxylic acids is 3. The Morgan fingerprint density at radius 3 is 2.23 bits per heavy atom. The van der Waals surface area contributed by atoms with E-state index in [0.717, 1.165) is 11.3 Å². The molecule has 0 aliphatic rings. The summed E-state index contributed by atoms with van der Waals surface area (Å²) in [7, 11) is 5.93. The number of nitrogens with zero attached hydrogens (tertiary/aromatic N) is 1. The van der Waals surface area contributed by atoms with E-state index >= 15 is 0 Å². The van der Waals surface area contributed by atoms with Crippen molar-refractivity contribution in [2.45, 2.75) is 12.5 Å². The van der Waals surface area contributed by atoms with Crippen molar-refractivity contribution in [3.63, 3.8) is 0 Å². The predicted molar refractivity (Wildman–Crippen MR) is 154 cm³/mol. The number of hydrogen-bond donors (Lipinski definition) is 2. The van der Waals surface area contributed by atoms with E-state index in [1.54, 1.807) is 12.5 Å². The average Bonchev–Trinajstić information content (AvgIpc) is 3.45. The molecule has 0 aliphatic heterocycles. The second-order valence-corrected chi connectivity index (χ2v) is 9.99. The molecular weight excluding hydrogens is 558 g/mol. The minimum absolute atomic E-state index is 0.200. The lowest BCUT2D eigenvalue weighted by Gasteiger charge is -2.18. The van der Waals surface area contributed by atoms with E-state index in [2.05, 4.69) is 15.6 Å². The summed E-state index contributed by atoms with van der Waals surface area (Å²) in [5.41, 5.74) is 1.75. The average molecular weight is 590 g/mol. The molecule has 0 bridgehead atoms. The van der Waals surface area contributed by atoms with Crippen LogP contribution in [0.25, 0.3) is 11.3 Å². The SMILES string of the molecule is COc1ccc(-c2csc(NC(=O)COC(=O)[C@@H](CCSC)NC(=O)c3cc(OC)c(OC)c(OC)c3)n2)cc1. The molecule has 1 aromatic heterocycles. The lowest BCUT2D eigenvalue weighted by atomic mass is 10.1. The van der Waals surface area contributed by atoms with Crippen LogP contribution in [-0.4, -0.2) is 75.9 Å². The van der Waals surface area contributed by atoms with E-state index in [4.69, 9.17) is 23.7 Å². The lowest BCUT2D eigenvalue weighted by molar-refractivity contribution is -0.149. The monoisotopic (exact) mass is 589 g/mol. The fourth-order valence-corrected chi connectivity index (χ4v) is 4.76. The highest BCUT2D eigenvalue weighted by atomic mass is 32.2. The molecule has 0 fully saturated rings. The molecule has 11 nitrogen and oxygen atoms in total. The van der Waals surface area contributed by atoms with Crippen LogP contribution in [-0.2, 0) is 14.3 Å². The van der Waals surface area contributed by atoms with Crippen molar-refractivity contribution in [1.29, 1.82) is 0 Å². The Morgan fingerprint density at radius 1 is 0.975 bits per heavy atom. The fraction of sp³-hybridized carbons (Fsp3) is 0.333. The van der Waals surface area contributed by atoms with Gasteiger partial charge in [-0.1, -0.05) is 0 Å². The number of methoxy groups -OCH3 is 4. The van der Waals surface area contributed by atoms with Gasteiger partial charge in [0.15, 0.2) is 23.2 Å². The van der Waals surface area contributed by atoms with Crippen LogP contribution in [0, 0.1) is 0 Å². The minimum atomic E-state index is -0.978. The quantitative estimate of drug-likeness (QED) is 0.267. The van der Waals surface area contributed by atoms with Crippen LogP contribution in [0.5, 0.6) is 23.0 Å². The van der Waals surface area contributed by atoms with Gasteiger partial charge < -0.3 is 29.0 Å². The first-order valence-electron chi connectivity index (χ1n) is 12.0. The summed E-state index contributed by atoms with van der Waals surface area (Å²) in [5, 5.41) is 7.48. The molecule has 1 heterocycles. The smallest absolute Gasteiger partial charge is 0.329 e. The summed E-state index contributed by atoms with van der Waals surface area (Å²) in [6.07, 6.45) is 2.18. The zero-order valence-electron chi connectivity index (χ0n) is 22.8. The highest BCUT2D eigenvalue weighted by molar-refractivity contribution is 7.98. The van der Waals surface area contributed by atoms with Gasteiger partial charge in [-0.15, -0.1) is 11.3 Å². The summed E-state index contributed by atoms with van der Waals surface area (Å²) >= 11 is 2.75. The first-order chi connectivity index (χ1) is 19.3. The van der Waals surface area contributed by atoms with Crippen LogP contribution in [0.15, 0.2) is 41.8 Å². The standard InChI is InChI=1S/C27H31N3O8S2/c1-34-18-8-6-16(7-9-18)20-15-40-27(29-20)30-23(31)14-38-26(33)19(10-11-39-5)28-25(32)17-12-21(35-2)24(37-4)22(13-17)36-3/h6-9,12-13,15,19H,10-11,14H2,1-5H3,(H,28,32)(H,29,30,31)/t19-/m1/s1. The fourth-order valence-electron chi connectivity index (χ4n) is 3.56. The highest BCUT2D eigenvalue weighted by Crippen LogP contribution is 2.38. The number of aromatic nitrogens is 1. The molecule has 13 heteroatoms. The van der Waals surface area contributed by atoms with Gasteiger partial charge in [0.25, 0.3) is 11.8 Å². The van der Waals surface area contributed by atoms with Crippen LogP contribution in [0.3, 0.4) is 0 Å². The molecule has 1 atom stereocenters. The maximum absolute atomic E-state index is 13.0. The second-order valence-electron chi connectivity index (χ2n) is 8.14. The van der Waals surface area contributed by atoms with Crippen LogP contribution in [0.1, 0.15) is 16.8 Å². The Kier molecular flexibility index (Phi) is 11.5. The summed E-state index contributed by atoms with van der Waals surface area (Å²) < 4.78 is 26.3. The van der Waals surface area contributed by atoms with Crippen molar-refractivity contribution in [2.24, 2.45) is 0 Å². The van der Waals surface area contributed by atoms with E-state index in [-0.39, 0.29) is 5.56 Å². The van der Waals surface area contributed by atoms with Crippen molar-refractivity contribution in [2.75, 3.05) is 52.4 Å². The molecule has 2 amide bonds. The molecule has 3 aromatic rings. The normalized spacial score (nSPS) is 11.2. The zero-order valence-corrected chi connectivity index (χ0v) is 24.4. The van der Waals surface area contributed by atoms with E-state index in [0.29, 0.717) is 40.2 Å². The molecule has 0 spiro atoms. The highest BCUT2D eigenvalue weighted by Gasteiger charge is 2.25. The Bertz CT molecular complexity index is 1290. The third-order valence-corrected chi connectivity index (χ3v) is 7.01. The number of thioether (sulfide) groups is 1. The van der Waals surface area contributed by atoms with Gasteiger partial charge in [0, 0.05) is 16.5 Å². The molecule has 2 aromatic carbocycles. The number of esters is 1. The van der Waals surface area contributed by atoms with Crippen LogP contribution in [0.2, 0.25) is 0 Å². The number of carbonyl (C=O) groups is 3. The third-order valence-electron chi connectivity index (χ3n) is 5.61. The summed E-state index contributed by atoms with van der Waals surface area (Å²) in [6, 6.07) is 9.35. The van der Waals surface area contributed by atoms with Gasteiger partial charge in [-0.2, -0.15) is 11.8 Å². The summed E-state index contributed by atoms with van der Waals surface area (Å²) in [5.74, 6) is 0.405. The molecule has 0 unspecified atom stereocenters. The largest absolute Gasteiger partial charge is 0.497 e. The van der Waals surface area contributed by atoms with Crippen molar-refractivity contribution in [1.82, 2.24) is 10.3 Å². The van der Waals surface area contributed by atoms with Gasteiger partial charge in [0.2, 0.25) is 5.75 Å². The molecule has 0 aliphatic carbocycles. The van der Waals surface area contributed by atoms with Gasteiger partial charge in [-0.3, -0.25) is 14.9 Å². The second kappa shape index (κ2) is 15.0. The van der Waals surface area contributed by atoms with Gasteiger partial charge in [-0.25, -0.2) is 9.78 Å². The number of nitrogens with one attached hydrogen (secondary N) is 2. The topological polar surface area (TPSA) is 134 Å². The molecule has 0 saturated carbocycles. The third kappa shape index (κ3) is 8.02. The Balaban J connectivity index is 1.61. The molecule has 214 valence electrons. The maximum atomic E-state index is 13.0. The summed E-state index contributed by atoms with van der Waals surface area (Å²) in [6.45, 7) is -0.536. The number of hydrogen-bond acceptors (Lipinski definition) is 11. The van der Waals surface area contributed by atoms with E-state index < -0.39 is 30.4 Å². The van der Waals surface area contributed by atoms with Gasteiger partial charge in [0.05, 0.1) is 34.1 Å². The van der Waals surface area contributed by atoms with Crippen LogP contribution in [0.4, 0.5) is 5.13 Å². The Hall–Kier alpha value is -3.97. The van der Waals surface area contributed by atoms with E-state index in [1.165, 1.54) is 56.6 Å². The van der Waals surface area contributed by atoms with Crippen molar-refractivity contribution in [3.8, 4) is 34.3 Å². The number of ether oxygens (including phenoxy) is 5. The first kappa shape index (κ1) is 30.6. The molecule has 3 rings (SSSR count).